The van der Waals surface area contributed by atoms with E-state index in [1.807, 2.05) is 19.2 Å². The largest absolute Gasteiger partial charge is 0.316 e. The van der Waals surface area contributed by atoms with Gasteiger partial charge in [0.2, 0.25) is 10.0 Å². The first-order valence-corrected chi connectivity index (χ1v) is 9.18. The van der Waals surface area contributed by atoms with Crippen LogP contribution in [0.1, 0.15) is 37.7 Å². The van der Waals surface area contributed by atoms with Gasteiger partial charge in [-0.3, -0.25) is 0 Å². The zero-order chi connectivity index (χ0) is 15.3. The van der Waals surface area contributed by atoms with Crippen molar-refractivity contribution in [3.05, 3.63) is 29.8 Å². The van der Waals surface area contributed by atoms with Crippen LogP contribution in [0.4, 0.5) is 0 Å². The van der Waals surface area contributed by atoms with E-state index in [0.717, 1.165) is 18.4 Å². The fourth-order valence-electron chi connectivity index (χ4n) is 3.09. The first-order valence-electron chi connectivity index (χ1n) is 7.74. The van der Waals surface area contributed by atoms with E-state index in [4.69, 9.17) is 0 Å². The van der Waals surface area contributed by atoms with Crippen LogP contribution in [0.25, 0.3) is 0 Å². The van der Waals surface area contributed by atoms with Gasteiger partial charge >= 0.3 is 0 Å². The van der Waals surface area contributed by atoms with E-state index >= 15 is 0 Å². The van der Waals surface area contributed by atoms with Gasteiger partial charge in [-0.25, -0.2) is 12.7 Å². The maximum absolute atomic E-state index is 12.8. The molecule has 5 heteroatoms. The lowest BCUT2D eigenvalue weighted by Crippen LogP contribution is -2.33. The Balaban J connectivity index is 2.16. The molecule has 0 spiro atoms. The van der Waals surface area contributed by atoms with Crippen molar-refractivity contribution in [3.63, 3.8) is 0 Å². The topological polar surface area (TPSA) is 49.4 Å². The summed E-state index contributed by atoms with van der Waals surface area (Å²) in [6, 6.07) is 7.25. The summed E-state index contributed by atoms with van der Waals surface area (Å²) >= 11 is 0. The molecule has 0 aliphatic heterocycles. The van der Waals surface area contributed by atoms with Gasteiger partial charge in [-0.05, 0) is 37.4 Å². The summed E-state index contributed by atoms with van der Waals surface area (Å²) in [5, 5.41) is 3.03. The molecule has 1 aromatic carbocycles. The third-order valence-corrected chi connectivity index (χ3v) is 6.19. The first kappa shape index (κ1) is 16.5. The van der Waals surface area contributed by atoms with E-state index in [1.165, 1.54) is 23.6 Å². The summed E-state index contributed by atoms with van der Waals surface area (Å²) in [6.07, 6.45) is 6.05. The number of benzene rings is 1. The molecule has 0 amide bonds. The lowest BCUT2D eigenvalue weighted by Gasteiger charge is -2.27. The van der Waals surface area contributed by atoms with Gasteiger partial charge in [0.1, 0.15) is 0 Å². The van der Waals surface area contributed by atoms with Crippen LogP contribution in [0.15, 0.2) is 29.2 Å². The van der Waals surface area contributed by atoms with Crippen molar-refractivity contribution in [2.75, 3.05) is 20.6 Å². The molecular formula is C16H26N2O2S. The van der Waals surface area contributed by atoms with E-state index in [0.29, 0.717) is 23.9 Å². The fourth-order valence-corrected chi connectivity index (χ4v) is 4.56. The maximum atomic E-state index is 12.8. The molecular weight excluding hydrogens is 284 g/mol. The normalized spacial score (nSPS) is 17.3. The molecule has 0 aromatic heterocycles. The highest BCUT2D eigenvalue weighted by atomic mass is 32.2. The van der Waals surface area contributed by atoms with Crippen molar-refractivity contribution >= 4 is 10.0 Å². The van der Waals surface area contributed by atoms with Gasteiger partial charge in [-0.2, -0.15) is 0 Å². The second-order valence-corrected chi connectivity index (χ2v) is 7.94. The predicted molar refractivity (Wildman–Crippen MR) is 85.6 cm³/mol. The van der Waals surface area contributed by atoms with Crippen LogP contribution in [-0.2, 0) is 16.6 Å². The quantitative estimate of drug-likeness (QED) is 0.878. The van der Waals surface area contributed by atoms with Gasteiger partial charge in [-0.15, -0.1) is 0 Å². The Morgan fingerprint density at radius 1 is 1.19 bits per heavy atom. The molecule has 1 fully saturated rings. The number of sulfonamides is 1. The van der Waals surface area contributed by atoms with Crippen molar-refractivity contribution in [3.8, 4) is 0 Å². The molecule has 0 bridgehead atoms. The van der Waals surface area contributed by atoms with Crippen molar-refractivity contribution in [2.45, 2.75) is 43.5 Å². The zero-order valence-corrected chi connectivity index (χ0v) is 13.8. The van der Waals surface area contributed by atoms with Crippen LogP contribution in [0, 0.1) is 5.92 Å². The molecule has 1 aliphatic carbocycles. The van der Waals surface area contributed by atoms with E-state index in [2.05, 4.69) is 5.32 Å². The molecule has 1 aromatic rings. The molecule has 1 aliphatic rings. The van der Waals surface area contributed by atoms with Crippen LogP contribution in [0.2, 0.25) is 0 Å². The fraction of sp³-hybridized carbons (Fsp3) is 0.625. The minimum atomic E-state index is -3.40. The molecule has 1 saturated carbocycles. The molecule has 0 heterocycles. The number of hydrogen-bond donors (Lipinski definition) is 1. The van der Waals surface area contributed by atoms with Gasteiger partial charge in [0.15, 0.2) is 0 Å². The highest BCUT2D eigenvalue weighted by molar-refractivity contribution is 7.89. The van der Waals surface area contributed by atoms with Crippen LogP contribution in [0.5, 0.6) is 0 Å². The number of nitrogens with zero attached hydrogens (tertiary/aromatic N) is 1. The Kier molecular flexibility index (Phi) is 5.79. The average Bonchev–Trinajstić information content (AvgIpc) is 2.49. The van der Waals surface area contributed by atoms with Crippen molar-refractivity contribution in [1.29, 1.82) is 0 Å². The maximum Gasteiger partial charge on any atom is 0.243 e. The van der Waals surface area contributed by atoms with Crippen molar-refractivity contribution in [1.82, 2.24) is 9.62 Å². The number of rotatable bonds is 6. The molecule has 0 atom stereocenters. The van der Waals surface area contributed by atoms with Gasteiger partial charge in [0.05, 0.1) is 4.90 Å². The summed E-state index contributed by atoms with van der Waals surface area (Å²) in [7, 11) is 0.139. The molecule has 0 saturated heterocycles. The first-order chi connectivity index (χ1) is 10.1. The summed E-state index contributed by atoms with van der Waals surface area (Å²) in [5.74, 6) is 0.509. The van der Waals surface area contributed by atoms with Crippen molar-refractivity contribution < 1.29 is 8.42 Å². The van der Waals surface area contributed by atoms with Crippen LogP contribution < -0.4 is 5.32 Å². The summed E-state index contributed by atoms with van der Waals surface area (Å²) in [6.45, 7) is 1.20. The smallest absolute Gasteiger partial charge is 0.243 e. The minimum absolute atomic E-state index is 0.428. The molecule has 4 nitrogen and oxygen atoms in total. The zero-order valence-electron chi connectivity index (χ0n) is 13.0. The van der Waals surface area contributed by atoms with E-state index in [1.54, 1.807) is 19.2 Å². The van der Waals surface area contributed by atoms with Crippen LogP contribution >= 0.6 is 0 Å². The van der Waals surface area contributed by atoms with Crippen molar-refractivity contribution in [2.24, 2.45) is 5.92 Å². The summed E-state index contributed by atoms with van der Waals surface area (Å²) in [5.41, 5.74) is 0.829. The van der Waals surface area contributed by atoms with Gasteiger partial charge in [0, 0.05) is 20.1 Å². The average molecular weight is 310 g/mol. The van der Waals surface area contributed by atoms with Crippen LogP contribution in [-0.4, -0.2) is 33.4 Å². The van der Waals surface area contributed by atoms with Gasteiger partial charge in [0.25, 0.3) is 0 Å². The minimum Gasteiger partial charge on any atom is -0.316 e. The predicted octanol–water partition coefficient (Wildman–Crippen LogP) is 2.61. The Morgan fingerprint density at radius 3 is 2.52 bits per heavy atom. The Morgan fingerprint density at radius 2 is 1.86 bits per heavy atom. The number of hydrogen-bond acceptors (Lipinski definition) is 3. The Bertz CT molecular complexity index is 551. The van der Waals surface area contributed by atoms with Crippen LogP contribution in [0.3, 0.4) is 0 Å². The molecule has 118 valence electrons. The molecule has 0 radical (unpaired) electrons. The molecule has 1 N–H and O–H groups in total. The molecule has 0 unspecified atom stereocenters. The van der Waals surface area contributed by atoms with E-state index in [-0.39, 0.29) is 0 Å². The lowest BCUT2D eigenvalue weighted by atomic mass is 9.89. The summed E-state index contributed by atoms with van der Waals surface area (Å²) < 4.78 is 27.1. The third-order valence-electron chi connectivity index (χ3n) is 4.27. The lowest BCUT2D eigenvalue weighted by molar-refractivity contribution is 0.300. The van der Waals surface area contributed by atoms with Gasteiger partial charge in [-0.1, -0.05) is 37.5 Å². The third kappa shape index (κ3) is 4.05. The van der Waals surface area contributed by atoms with Gasteiger partial charge < -0.3 is 5.32 Å². The number of nitrogens with one attached hydrogen (secondary N) is 1. The molecule has 2 rings (SSSR count). The van der Waals surface area contributed by atoms with E-state index < -0.39 is 10.0 Å². The standard InChI is InChI=1S/C16H26N2O2S/c1-17-12-15-10-6-7-11-16(15)21(19,20)18(2)13-14-8-4-3-5-9-14/h6-7,10-11,14,17H,3-5,8-9,12-13H2,1-2H3. The Labute approximate surface area is 128 Å². The second kappa shape index (κ2) is 7.38. The highest BCUT2D eigenvalue weighted by Gasteiger charge is 2.26. The molecule has 21 heavy (non-hydrogen) atoms. The monoisotopic (exact) mass is 310 g/mol. The summed E-state index contributed by atoms with van der Waals surface area (Å²) in [4.78, 5) is 0.428. The second-order valence-electron chi connectivity index (χ2n) is 5.93. The SMILES string of the molecule is CNCc1ccccc1S(=O)(=O)N(C)CC1CCCCC1. The Hall–Kier alpha value is -0.910. The van der Waals surface area contributed by atoms with E-state index in [9.17, 15) is 8.42 Å². The highest BCUT2D eigenvalue weighted by Crippen LogP contribution is 2.26.